The van der Waals surface area contributed by atoms with Gasteiger partial charge in [0.15, 0.2) is 0 Å². The van der Waals surface area contributed by atoms with Crippen molar-refractivity contribution in [2.24, 2.45) is 0 Å². The van der Waals surface area contributed by atoms with Gasteiger partial charge in [-0.2, -0.15) is 0 Å². The molecule has 1 aliphatic rings. The van der Waals surface area contributed by atoms with Gasteiger partial charge < -0.3 is 20.7 Å². The fourth-order valence-electron chi connectivity index (χ4n) is 2.82. The second-order valence-corrected chi connectivity index (χ2v) is 6.19. The summed E-state index contributed by atoms with van der Waals surface area (Å²) in [5.74, 6) is 0. The van der Waals surface area contributed by atoms with Crippen LogP contribution in [0.2, 0.25) is 0 Å². The number of hydrogen-bond acceptors (Lipinski definition) is 4. The molecule has 2 heterocycles. The second kappa shape index (κ2) is 8.48. The minimum absolute atomic E-state index is 0.145. The lowest BCUT2D eigenvalue weighted by Gasteiger charge is -2.16. The van der Waals surface area contributed by atoms with Crippen LogP contribution in [0.4, 0.5) is 16.2 Å². The van der Waals surface area contributed by atoms with Gasteiger partial charge in [-0.15, -0.1) is 0 Å². The molecule has 3 N–H and O–H groups in total. The molecular weight excluding hydrogens is 316 g/mol. The van der Waals surface area contributed by atoms with Crippen LogP contribution < -0.4 is 16.0 Å². The van der Waals surface area contributed by atoms with Crippen LogP contribution in [-0.4, -0.2) is 30.3 Å². The van der Waals surface area contributed by atoms with E-state index in [4.69, 9.17) is 4.74 Å². The highest BCUT2D eigenvalue weighted by Crippen LogP contribution is 2.20. The molecule has 0 aliphatic carbocycles. The normalized spacial score (nSPS) is 17.7. The Morgan fingerprint density at radius 3 is 2.60 bits per heavy atom. The van der Waals surface area contributed by atoms with E-state index >= 15 is 0 Å². The van der Waals surface area contributed by atoms with Crippen LogP contribution in [0.3, 0.4) is 0 Å². The highest BCUT2D eigenvalue weighted by atomic mass is 16.5. The van der Waals surface area contributed by atoms with Gasteiger partial charge in [0.1, 0.15) is 0 Å². The quantitative estimate of drug-likeness (QED) is 0.752. The zero-order chi connectivity index (χ0) is 17.5. The number of nitrogens with zero attached hydrogens (tertiary/aromatic N) is 1. The molecule has 3 rings (SSSR count). The van der Waals surface area contributed by atoms with Gasteiger partial charge in [0.05, 0.1) is 6.10 Å². The van der Waals surface area contributed by atoms with Crippen molar-refractivity contribution in [2.75, 3.05) is 23.8 Å². The maximum atomic E-state index is 11.9. The SMILES string of the molecule is CC(Nc1ccc(NC(=O)NCC2CCCO2)cc1)c1ccncc1. The van der Waals surface area contributed by atoms with Crippen molar-refractivity contribution in [2.45, 2.75) is 31.9 Å². The van der Waals surface area contributed by atoms with E-state index in [1.54, 1.807) is 12.4 Å². The highest BCUT2D eigenvalue weighted by molar-refractivity contribution is 5.89. The maximum Gasteiger partial charge on any atom is 0.319 e. The largest absolute Gasteiger partial charge is 0.379 e. The summed E-state index contributed by atoms with van der Waals surface area (Å²) in [5.41, 5.74) is 2.92. The Balaban J connectivity index is 1.47. The van der Waals surface area contributed by atoms with Crippen LogP contribution in [0.25, 0.3) is 0 Å². The van der Waals surface area contributed by atoms with Crippen LogP contribution in [-0.2, 0) is 4.74 Å². The number of anilines is 2. The highest BCUT2D eigenvalue weighted by Gasteiger charge is 2.16. The molecule has 2 amide bonds. The number of pyridine rings is 1. The lowest BCUT2D eigenvalue weighted by molar-refractivity contribution is 0.112. The fraction of sp³-hybridized carbons (Fsp3) is 0.368. The third-order valence-corrected chi connectivity index (χ3v) is 4.25. The maximum absolute atomic E-state index is 11.9. The van der Waals surface area contributed by atoms with Gasteiger partial charge >= 0.3 is 6.03 Å². The Hall–Kier alpha value is -2.60. The number of carbonyl (C=O) groups is 1. The molecule has 1 saturated heterocycles. The van der Waals surface area contributed by atoms with Gasteiger partial charge in [0.25, 0.3) is 0 Å². The van der Waals surface area contributed by atoms with E-state index in [0.717, 1.165) is 30.8 Å². The molecule has 1 aromatic heterocycles. The molecule has 0 spiro atoms. The first-order valence-corrected chi connectivity index (χ1v) is 8.64. The monoisotopic (exact) mass is 340 g/mol. The number of nitrogens with one attached hydrogen (secondary N) is 3. The number of benzene rings is 1. The van der Waals surface area contributed by atoms with Gasteiger partial charge in [0, 0.05) is 43.0 Å². The van der Waals surface area contributed by atoms with Gasteiger partial charge in [-0.1, -0.05) is 0 Å². The molecule has 2 unspecified atom stereocenters. The number of amides is 2. The van der Waals surface area contributed by atoms with E-state index in [9.17, 15) is 4.79 Å². The summed E-state index contributed by atoms with van der Waals surface area (Å²) in [6, 6.07) is 11.6. The number of hydrogen-bond donors (Lipinski definition) is 3. The fourth-order valence-corrected chi connectivity index (χ4v) is 2.82. The number of rotatable bonds is 6. The van der Waals surface area contributed by atoms with E-state index in [1.165, 1.54) is 5.56 Å². The van der Waals surface area contributed by atoms with Gasteiger partial charge in [-0.25, -0.2) is 4.79 Å². The predicted molar refractivity (Wildman–Crippen MR) is 98.7 cm³/mol. The van der Waals surface area contributed by atoms with Crippen molar-refractivity contribution in [3.8, 4) is 0 Å². The Labute approximate surface area is 148 Å². The third-order valence-electron chi connectivity index (χ3n) is 4.25. The van der Waals surface area contributed by atoms with E-state index in [-0.39, 0.29) is 18.2 Å². The van der Waals surface area contributed by atoms with Crippen LogP contribution in [0, 0.1) is 0 Å². The summed E-state index contributed by atoms with van der Waals surface area (Å²) in [7, 11) is 0. The van der Waals surface area contributed by atoms with Crippen molar-refractivity contribution in [1.29, 1.82) is 0 Å². The molecule has 132 valence electrons. The topological polar surface area (TPSA) is 75.3 Å². The van der Waals surface area contributed by atoms with Crippen molar-refractivity contribution in [3.05, 3.63) is 54.4 Å². The van der Waals surface area contributed by atoms with Crippen LogP contribution in [0.5, 0.6) is 0 Å². The summed E-state index contributed by atoms with van der Waals surface area (Å²) in [6.45, 7) is 3.44. The van der Waals surface area contributed by atoms with E-state index in [2.05, 4.69) is 27.9 Å². The molecule has 0 bridgehead atoms. The minimum Gasteiger partial charge on any atom is -0.379 e. The van der Waals surface area contributed by atoms with Gasteiger partial charge in [-0.3, -0.25) is 4.98 Å². The van der Waals surface area contributed by atoms with Crippen molar-refractivity contribution >= 4 is 17.4 Å². The summed E-state index contributed by atoms with van der Waals surface area (Å²) < 4.78 is 5.49. The second-order valence-electron chi connectivity index (χ2n) is 6.19. The smallest absolute Gasteiger partial charge is 0.319 e. The molecule has 1 aliphatic heterocycles. The molecule has 25 heavy (non-hydrogen) atoms. The Kier molecular flexibility index (Phi) is 5.85. The predicted octanol–water partition coefficient (Wildman–Crippen LogP) is 3.56. The summed E-state index contributed by atoms with van der Waals surface area (Å²) in [6.07, 6.45) is 5.80. The number of ether oxygens (including phenoxy) is 1. The Morgan fingerprint density at radius 2 is 1.92 bits per heavy atom. The summed E-state index contributed by atoms with van der Waals surface area (Å²) >= 11 is 0. The van der Waals surface area contributed by atoms with E-state index < -0.39 is 0 Å². The average Bonchev–Trinajstić information content (AvgIpc) is 3.16. The Bertz CT molecular complexity index is 670. The summed E-state index contributed by atoms with van der Waals surface area (Å²) in [4.78, 5) is 15.9. The van der Waals surface area contributed by atoms with Crippen LogP contribution in [0.15, 0.2) is 48.8 Å². The van der Waals surface area contributed by atoms with E-state index in [0.29, 0.717) is 6.54 Å². The first kappa shape index (κ1) is 17.2. The van der Waals surface area contributed by atoms with Gasteiger partial charge in [-0.05, 0) is 61.7 Å². The third kappa shape index (κ3) is 5.19. The molecule has 2 atom stereocenters. The molecule has 2 aromatic rings. The zero-order valence-corrected chi connectivity index (χ0v) is 14.4. The lowest BCUT2D eigenvalue weighted by Crippen LogP contribution is -2.35. The molecule has 1 aromatic carbocycles. The molecular formula is C19H24N4O2. The standard InChI is InChI=1S/C19H24N4O2/c1-14(15-8-10-20-11-9-15)22-16-4-6-17(7-5-16)23-19(24)21-13-18-3-2-12-25-18/h4-11,14,18,22H,2-3,12-13H2,1H3,(H2,21,23,24). The van der Waals surface area contributed by atoms with E-state index in [1.807, 2.05) is 36.4 Å². The zero-order valence-electron chi connectivity index (χ0n) is 14.4. The number of aromatic nitrogens is 1. The number of carbonyl (C=O) groups excluding carboxylic acids is 1. The van der Waals surface area contributed by atoms with Crippen molar-refractivity contribution in [3.63, 3.8) is 0 Å². The lowest BCUT2D eigenvalue weighted by atomic mass is 10.1. The Morgan fingerprint density at radius 1 is 1.20 bits per heavy atom. The van der Waals surface area contributed by atoms with Crippen molar-refractivity contribution in [1.82, 2.24) is 10.3 Å². The number of urea groups is 1. The summed E-state index contributed by atoms with van der Waals surface area (Å²) in [5, 5.41) is 9.11. The average molecular weight is 340 g/mol. The molecule has 0 saturated carbocycles. The van der Waals surface area contributed by atoms with Crippen LogP contribution in [0.1, 0.15) is 31.4 Å². The van der Waals surface area contributed by atoms with Crippen molar-refractivity contribution < 1.29 is 9.53 Å². The molecule has 6 nitrogen and oxygen atoms in total. The first-order valence-electron chi connectivity index (χ1n) is 8.64. The molecule has 1 fully saturated rings. The van der Waals surface area contributed by atoms with Crippen LogP contribution >= 0.6 is 0 Å². The minimum atomic E-state index is -0.207. The van der Waals surface area contributed by atoms with Gasteiger partial charge in [0.2, 0.25) is 0 Å². The molecule has 6 heteroatoms. The molecule has 0 radical (unpaired) electrons. The first-order chi connectivity index (χ1) is 12.2.